The average molecular weight is 281 g/mol. The van der Waals surface area contributed by atoms with Crippen LogP contribution >= 0.6 is 0 Å². The van der Waals surface area contributed by atoms with Crippen LogP contribution in [0.3, 0.4) is 0 Å². The lowest BCUT2D eigenvalue weighted by Crippen LogP contribution is -2.22. The van der Waals surface area contributed by atoms with Gasteiger partial charge in [0.15, 0.2) is 11.5 Å². The van der Waals surface area contributed by atoms with E-state index in [-0.39, 0.29) is 6.04 Å². The number of hydrogen-bond acceptors (Lipinski definition) is 4. The van der Waals surface area contributed by atoms with Gasteiger partial charge in [0.25, 0.3) is 0 Å². The Morgan fingerprint density at radius 2 is 1.50 bits per heavy atom. The highest BCUT2D eigenvalue weighted by molar-refractivity contribution is 5.51. The molecular weight excluding hydrogens is 254 g/mol. The van der Waals surface area contributed by atoms with Gasteiger partial charge in [0, 0.05) is 17.7 Å². The van der Waals surface area contributed by atoms with Gasteiger partial charge in [-0.15, -0.1) is 0 Å². The van der Waals surface area contributed by atoms with Crippen molar-refractivity contribution >= 4 is 0 Å². The van der Waals surface area contributed by atoms with E-state index in [1.54, 1.807) is 21.3 Å². The van der Waals surface area contributed by atoms with Crippen molar-refractivity contribution in [1.82, 2.24) is 5.32 Å². The molecule has 0 amide bonds. The molecule has 1 aromatic rings. The molecule has 0 fully saturated rings. The third kappa shape index (κ3) is 4.04. The fourth-order valence-electron chi connectivity index (χ4n) is 2.30. The number of hydrogen-bond donors (Lipinski definition) is 1. The maximum Gasteiger partial charge on any atom is 0.164 e. The number of ether oxygens (including phenoxy) is 3. The molecule has 0 aliphatic heterocycles. The van der Waals surface area contributed by atoms with Crippen LogP contribution in [0.15, 0.2) is 12.1 Å². The molecular formula is C16H27NO3. The normalized spacial score (nSPS) is 12.1. The Morgan fingerprint density at radius 1 is 0.900 bits per heavy atom. The number of methoxy groups -OCH3 is 3. The van der Waals surface area contributed by atoms with Crippen molar-refractivity contribution in [2.75, 3.05) is 27.9 Å². The van der Waals surface area contributed by atoms with Crippen molar-refractivity contribution in [2.24, 2.45) is 0 Å². The number of benzene rings is 1. The van der Waals surface area contributed by atoms with Crippen LogP contribution in [0.4, 0.5) is 0 Å². The second-order valence-corrected chi connectivity index (χ2v) is 4.74. The van der Waals surface area contributed by atoms with E-state index in [1.807, 2.05) is 12.1 Å². The molecule has 0 aliphatic rings. The lowest BCUT2D eigenvalue weighted by Gasteiger charge is -2.22. The molecule has 4 nitrogen and oxygen atoms in total. The van der Waals surface area contributed by atoms with Crippen LogP contribution in [0, 0.1) is 0 Å². The second kappa shape index (κ2) is 8.69. The lowest BCUT2D eigenvalue weighted by atomic mass is 10.00. The van der Waals surface area contributed by atoms with Gasteiger partial charge < -0.3 is 19.5 Å². The number of rotatable bonds is 9. The Kier molecular flexibility index (Phi) is 7.23. The minimum atomic E-state index is 0.273. The predicted molar refractivity (Wildman–Crippen MR) is 82.0 cm³/mol. The monoisotopic (exact) mass is 281 g/mol. The molecule has 1 rings (SSSR count). The fourth-order valence-corrected chi connectivity index (χ4v) is 2.30. The minimum absolute atomic E-state index is 0.273. The zero-order valence-corrected chi connectivity index (χ0v) is 13.3. The summed E-state index contributed by atoms with van der Waals surface area (Å²) in [6.45, 7) is 5.35. The van der Waals surface area contributed by atoms with Crippen molar-refractivity contribution in [3.8, 4) is 17.2 Å². The first kappa shape index (κ1) is 16.6. The highest BCUT2D eigenvalue weighted by Crippen LogP contribution is 2.38. The molecule has 114 valence electrons. The summed E-state index contributed by atoms with van der Waals surface area (Å²) in [5.74, 6) is 2.27. The van der Waals surface area contributed by atoms with E-state index in [0.717, 1.165) is 42.9 Å². The third-order valence-corrected chi connectivity index (χ3v) is 3.33. The molecule has 0 heterocycles. The van der Waals surface area contributed by atoms with Gasteiger partial charge in [0.2, 0.25) is 0 Å². The first-order chi connectivity index (χ1) is 9.71. The Hall–Kier alpha value is -1.42. The number of nitrogens with one attached hydrogen (secondary N) is 1. The first-order valence-electron chi connectivity index (χ1n) is 7.25. The van der Waals surface area contributed by atoms with Crippen LogP contribution in [-0.2, 0) is 0 Å². The van der Waals surface area contributed by atoms with Crippen molar-refractivity contribution in [3.63, 3.8) is 0 Å². The van der Waals surface area contributed by atoms with E-state index >= 15 is 0 Å². The standard InChI is InChI=1S/C16H27NO3/c1-6-8-13(17-9-7-2)12-10-15(19-4)16(20-5)11-14(12)18-3/h10-11,13,17H,6-9H2,1-5H3. The summed E-state index contributed by atoms with van der Waals surface area (Å²) in [4.78, 5) is 0. The summed E-state index contributed by atoms with van der Waals surface area (Å²) >= 11 is 0. The van der Waals surface area contributed by atoms with E-state index in [9.17, 15) is 0 Å². The van der Waals surface area contributed by atoms with E-state index in [4.69, 9.17) is 14.2 Å². The first-order valence-corrected chi connectivity index (χ1v) is 7.25. The van der Waals surface area contributed by atoms with Crippen LogP contribution < -0.4 is 19.5 Å². The zero-order chi connectivity index (χ0) is 15.0. The molecule has 0 radical (unpaired) electrons. The van der Waals surface area contributed by atoms with E-state index in [0.29, 0.717) is 5.75 Å². The predicted octanol–water partition coefficient (Wildman–Crippen LogP) is 3.55. The molecule has 1 atom stereocenters. The maximum absolute atomic E-state index is 5.52. The molecule has 1 N–H and O–H groups in total. The van der Waals surface area contributed by atoms with Gasteiger partial charge in [-0.2, -0.15) is 0 Å². The van der Waals surface area contributed by atoms with Gasteiger partial charge in [-0.25, -0.2) is 0 Å². The van der Waals surface area contributed by atoms with Crippen LogP contribution in [-0.4, -0.2) is 27.9 Å². The summed E-state index contributed by atoms with van der Waals surface area (Å²) in [5, 5.41) is 3.57. The minimum Gasteiger partial charge on any atom is -0.496 e. The average Bonchev–Trinajstić information content (AvgIpc) is 2.50. The van der Waals surface area contributed by atoms with Gasteiger partial charge >= 0.3 is 0 Å². The Labute approximate surface area is 122 Å². The summed E-state index contributed by atoms with van der Waals surface area (Å²) in [5.41, 5.74) is 1.13. The molecule has 0 spiro atoms. The summed E-state index contributed by atoms with van der Waals surface area (Å²) in [6.07, 6.45) is 3.28. The fraction of sp³-hybridized carbons (Fsp3) is 0.625. The third-order valence-electron chi connectivity index (χ3n) is 3.33. The smallest absolute Gasteiger partial charge is 0.164 e. The van der Waals surface area contributed by atoms with E-state index < -0.39 is 0 Å². The molecule has 4 heteroatoms. The van der Waals surface area contributed by atoms with Crippen molar-refractivity contribution in [2.45, 2.75) is 39.2 Å². The van der Waals surface area contributed by atoms with Gasteiger partial charge in [-0.3, -0.25) is 0 Å². The summed E-state index contributed by atoms with van der Waals surface area (Å²) < 4.78 is 16.2. The summed E-state index contributed by atoms with van der Waals surface area (Å²) in [6, 6.07) is 4.18. The lowest BCUT2D eigenvalue weighted by molar-refractivity contribution is 0.344. The molecule has 0 aliphatic carbocycles. The molecule has 0 saturated carbocycles. The van der Waals surface area contributed by atoms with Crippen molar-refractivity contribution in [3.05, 3.63) is 17.7 Å². The molecule has 0 bridgehead atoms. The highest BCUT2D eigenvalue weighted by atomic mass is 16.5. The van der Waals surface area contributed by atoms with Gasteiger partial charge in [0.1, 0.15) is 5.75 Å². The Morgan fingerprint density at radius 3 is 2.00 bits per heavy atom. The van der Waals surface area contributed by atoms with E-state index in [1.165, 1.54) is 0 Å². The van der Waals surface area contributed by atoms with E-state index in [2.05, 4.69) is 19.2 Å². The molecule has 20 heavy (non-hydrogen) atoms. The zero-order valence-electron chi connectivity index (χ0n) is 13.3. The summed E-state index contributed by atoms with van der Waals surface area (Å²) in [7, 11) is 4.98. The quantitative estimate of drug-likeness (QED) is 0.751. The molecule has 0 aromatic heterocycles. The SMILES string of the molecule is CCCNC(CCC)c1cc(OC)c(OC)cc1OC. The van der Waals surface area contributed by atoms with Crippen molar-refractivity contribution < 1.29 is 14.2 Å². The maximum atomic E-state index is 5.52. The Bertz CT molecular complexity index is 407. The van der Waals surface area contributed by atoms with Gasteiger partial charge in [-0.05, 0) is 25.5 Å². The topological polar surface area (TPSA) is 39.7 Å². The Balaban J connectivity index is 3.16. The van der Waals surface area contributed by atoms with Crippen LogP contribution in [0.5, 0.6) is 17.2 Å². The van der Waals surface area contributed by atoms with Gasteiger partial charge in [-0.1, -0.05) is 20.3 Å². The van der Waals surface area contributed by atoms with Crippen LogP contribution in [0.25, 0.3) is 0 Å². The molecule has 1 unspecified atom stereocenters. The molecule has 0 saturated heterocycles. The largest absolute Gasteiger partial charge is 0.496 e. The second-order valence-electron chi connectivity index (χ2n) is 4.74. The molecule has 1 aromatic carbocycles. The van der Waals surface area contributed by atoms with Crippen molar-refractivity contribution in [1.29, 1.82) is 0 Å². The van der Waals surface area contributed by atoms with Crippen LogP contribution in [0.2, 0.25) is 0 Å². The van der Waals surface area contributed by atoms with Crippen LogP contribution in [0.1, 0.15) is 44.7 Å². The highest BCUT2D eigenvalue weighted by Gasteiger charge is 2.18. The van der Waals surface area contributed by atoms with Gasteiger partial charge in [0.05, 0.1) is 21.3 Å².